The normalized spacial score (nSPS) is 15.2. The highest BCUT2D eigenvalue weighted by molar-refractivity contribution is 4.72. The van der Waals surface area contributed by atoms with E-state index in [0.717, 1.165) is 6.54 Å². The summed E-state index contributed by atoms with van der Waals surface area (Å²) in [6, 6.07) is 0. The van der Waals surface area contributed by atoms with Crippen LogP contribution in [0.25, 0.3) is 0 Å². The molecule has 0 fully saturated rings. The first-order valence-electron chi connectivity index (χ1n) is 5.61. The summed E-state index contributed by atoms with van der Waals surface area (Å²) in [5.74, 6) is 0.495. The molecule has 0 bridgehead atoms. The van der Waals surface area contributed by atoms with Gasteiger partial charge in [0.25, 0.3) is 0 Å². The number of hydrogen-bond acceptors (Lipinski definition) is 2. The van der Waals surface area contributed by atoms with Gasteiger partial charge in [0, 0.05) is 13.1 Å². The van der Waals surface area contributed by atoms with E-state index in [1.165, 1.54) is 0 Å². The molecule has 0 aliphatic carbocycles. The van der Waals surface area contributed by atoms with E-state index < -0.39 is 12.7 Å². The molecule has 5 heteroatoms. The largest absolute Gasteiger partial charge is 0.401 e. The highest BCUT2D eigenvalue weighted by Crippen LogP contribution is 2.24. The van der Waals surface area contributed by atoms with Crippen LogP contribution < -0.4 is 10.6 Å². The summed E-state index contributed by atoms with van der Waals surface area (Å²) in [7, 11) is 0. The van der Waals surface area contributed by atoms with Gasteiger partial charge in [-0.15, -0.1) is 0 Å². The summed E-state index contributed by atoms with van der Waals surface area (Å²) < 4.78 is 35.3. The molecule has 2 nitrogen and oxygen atoms in total. The third kappa shape index (κ3) is 8.97. The van der Waals surface area contributed by atoms with Gasteiger partial charge in [0.15, 0.2) is 0 Å². The number of hydrogen-bond donors (Lipinski definition) is 2. The zero-order valence-electron chi connectivity index (χ0n) is 10.5. The molecule has 1 unspecified atom stereocenters. The number of nitrogens with one attached hydrogen (secondary N) is 2. The molecule has 0 radical (unpaired) electrons. The van der Waals surface area contributed by atoms with E-state index in [2.05, 4.69) is 38.3 Å². The van der Waals surface area contributed by atoms with E-state index in [-0.39, 0.29) is 5.41 Å². The molecular formula is C11H23F3N2. The second-order valence-corrected chi connectivity index (χ2v) is 5.26. The molecule has 2 N–H and O–H groups in total. The lowest BCUT2D eigenvalue weighted by molar-refractivity contribution is -0.124. The van der Waals surface area contributed by atoms with E-state index in [0.29, 0.717) is 19.0 Å². The Kier molecular flexibility index (Phi) is 6.33. The molecule has 0 aromatic rings. The van der Waals surface area contributed by atoms with Crippen molar-refractivity contribution in [2.75, 3.05) is 26.2 Å². The zero-order chi connectivity index (χ0) is 12.8. The van der Waals surface area contributed by atoms with Crippen molar-refractivity contribution < 1.29 is 13.2 Å². The van der Waals surface area contributed by atoms with E-state index in [9.17, 15) is 13.2 Å². The number of alkyl halides is 3. The van der Waals surface area contributed by atoms with Gasteiger partial charge in [-0.2, -0.15) is 13.2 Å². The summed E-state index contributed by atoms with van der Waals surface area (Å²) in [6.45, 7) is 9.42. The summed E-state index contributed by atoms with van der Waals surface area (Å²) >= 11 is 0. The predicted molar refractivity (Wildman–Crippen MR) is 60.4 cm³/mol. The first-order valence-corrected chi connectivity index (χ1v) is 5.61. The highest BCUT2D eigenvalue weighted by Gasteiger charge is 2.25. The predicted octanol–water partition coefficient (Wildman–Crippen LogP) is 2.41. The SMILES string of the molecule is CC(CNCCNCC(F)(F)F)C(C)(C)C. The van der Waals surface area contributed by atoms with Gasteiger partial charge in [-0.1, -0.05) is 27.7 Å². The smallest absolute Gasteiger partial charge is 0.315 e. The van der Waals surface area contributed by atoms with Crippen LogP contribution in [0.5, 0.6) is 0 Å². The molecule has 0 aliphatic heterocycles. The quantitative estimate of drug-likeness (QED) is 0.697. The summed E-state index contributed by atoms with van der Waals surface area (Å²) in [5, 5.41) is 5.50. The first kappa shape index (κ1) is 15.7. The maximum atomic E-state index is 11.8. The van der Waals surface area contributed by atoms with Crippen molar-refractivity contribution in [2.24, 2.45) is 11.3 Å². The van der Waals surface area contributed by atoms with Crippen LogP contribution in [0.4, 0.5) is 13.2 Å². The molecule has 0 aliphatic rings. The molecule has 0 saturated heterocycles. The van der Waals surface area contributed by atoms with Crippen molar-refractivity contribution in [1.82, 2.24) is 10.6 Å². The number of rotatable bonds is 6. The van der Waals surface area contributed by atoms with Gasteiger partial charge in [-0.3, -0.25) is 0 Å². The molecule has 16 heavy (non-hydrogen) atoms. The fraction of sp³-hybridized carbons (Fsp3) is 1.00. The van der Waals surface area contributed by atoms with Crippen LogP contribution in [0.3, 0.4) is 0 Å². The zero-order valence-corrected chi connectivity index (χ0v) is 10.5. The van der Waals surface area contributed by atoms with Gasteiger partial charge in [-0.25, -0.2) is 0 Å². The van der Waals surface area contributed by atoms with E-state index >= 15 is 0 Å². The third-order valence-corrected chi connectivity index (χ3v) is 2.73. The van der Waals surface area contributed by atoms with Crippen molar-refractivity contribution in [3.8, 4) is 0 Å². The lowest BCUT2D eigenvalue weighted by atomic mass is 9.82. The molecule has 0 aromatic heterocycles. The maximum absolute atomic E-state index is 11.8. The Bertz CT molecular complexity index is 185. The minimum absolute atomic E-state index is 0.229. The molecular weight excluding hydrogens is 217 g/mol. The Morgan fingerprint density at radius 3 is 1.94 bits per heavy atom. The second-order valence-electron chi connectivity index (χ2n) is 5.26. The van der Waals surface area contributed by atoms with Gasteiger partial charge in [-0.05, 0) is 17.9 Å². The molecule has 0 rings (SSSR count). The molecule has 0 aromatic carbocycles. The van der Waals surface area contributed by atoms with Crippen LogP contribution in [0.2, 0.25) is 0 Å². The lowest BCUT2D eigenvalue weighted by Crippen LogP contribution is -2.37. The summed E-state index contributed by atoms with van der Waals surface area (Å²) in [6.07, 6.45) is -4.11. The standard InChI is InChI=1S/C11H23F3N2/c1-9(10(2,3)4)7-15-5-6-16-8-11(12,13)14/h9,15-16H,5-8H2,1-4H3. The fourth-order valence-electron chi connectivity index (χ4n) is 1.03. The first-order chi connectivity index (χ1) is 7.13. The van der Waals surface area contributed by atoms with Crippen molar-refractivity contribution in [3.63, 3.8) is 0 Å². The molecule has 98 valence electrons. The van der Waals surface area contributed by atoms with Crippen LogP contribution in [-0.2, 0) is 0 Å². The minimum atomic E-state index is -4.11. The third-order valence-electron chi connectivity index (χ3n) is 2.73. The van der Waals surface area contributed by atoms with Crippen molar-refractivity contribution in [3.05, 3.63) is 0 Å². The van der Waals surface area contributed by atoms with Crippen LogP contribution in [0.15, 0.2) is 0 Å². The Morgan fingerprint density at radius 2 is 1.50 bits per heavy atom. The summed E-state index contributed by atoms with van der Waals surface area (Å²) in [5.41, 5.74) is 0.229. The van der Waals surface area contributed by atoms with Crippen molar-refractivity contribution >= 4 is 0 Å². The monoisotopic (exact) mass is 240 g/mol. The Balaban J connectivity index is 3.41. The van der Waals surface area contributed by atoms with Gasteiger partial charge in [0.05, 0.1) is 6.54 Å². The Morgan fingerprint density at radius 1 is 1.00 bits per heavy atom. The minimum Gasteiger partial charge on any atom is -0.315 e. The molecule has 0 saturated carbocycles. The number of halogens is 3. The molecule has 0 heterocycles. The van der Waals surface area contributed by atoms with Crippen molar-refractivity contribution in [2.45, 2.75) is 33.9 Å². The van der Waals surface area contributed by atoms with Crippen LogP contribution in [0, 0.1) is 11.3 Å². The molecule has 0 spiro atoms. The Labute approximate surface area is 96.0 Å². The van der Waals surface area contributed by atoms with Gasteiger partial charge >= 0.3 is 6.18 Å². The Hall–Kier alpha value is -0.290. The summed E-state index contributed by atoms with van der Waals surface area (Å²) in [4.78, 5) is 0. The lowest BCUT2D eigenvalue weighted by Gasteiger charge is -2.27. The highest BCUT2D eigenvalue weighted by atomic mass is 19.4. The molecule has 0 amide bonds. The van der Waals surface area contributed by atoms with Gasteiger partial charge < -0.3 is 10.6 Å². The topological polar surface area (TPSA) is 24.1 Å². The second kappa shape index (κ2) is 6.45. The van der Waals surface area contributed by atoms with Crippen LogP contribution >= 0.6 is 0 Å². The average molecular weight is 240 g/mol. The van der Waals surface area contributed by atoms with E-state index in [1.807, 2.05) is 0 Å². The van der Waals surface area contributed by atoms with E-state index in [1.54, 1.807) is 0 Å². The maximum Gasteiger partial charge on any atom is 0.401 e. The van der Waals surface area contributed by atoms with Crippen LogP contribution in [-0.4, -0.2) is 32.4 Å². The van der Waals surface area contributed by atoms with Gasteiger partial charge in [0.1, 0.15) is 0 Å². The van der Waals surface area contributed by atoms with Crippen LogP contribution in [0.1, 0.15) is 27.7 Å². The average Bonchev–Trinajstić information content (AvgIpc) is 2.07. The van der Waals surface area contributed by atoms with Gasteiger partial charge in [0.2, 0.25) is 0 Å². The van der Waals surface area contributed by atoms with Crippen molar-refractivity contribution in [1.29, 1.82) is 0 Å². The molecule has 1 atom stereocenters. The fourth-order valence-corrected chi connectivity index (χ4v) is 1.03. The van der Waals surface area contributed by atoms with E-state index in [4.69, 9.17) is 0 Å².